The Morgan fingerprint density at radius 2 is 1.89 bits per heavy atom. The Kier molecular flexibility index (Phi) is 5.24. The zero-order valence-electron chi connectivity index (χ0n) is 6.13. The number of rotatable bonds is 4. The van der Waals surface area contributed by atoms with Gasteiger partial charge in [0.05, 0.1) is 0 Å². The van der Waals surface area contributed by atoms with Gasteiger partial charge in [0.25, 0.3) is 0 Å². The van der Waals surface area contributed by atoms with E-state index < -0.39 is 0 Å². The van der Waals surface area contributed by atoms with E-state index in [1.54, 1.807) is 11.8 Å². The summed E-state index contributed by atoms with van der Waals surface area (Å²) < 4.78 is 0. The van der Waals surface area contributed by atoms with Gasteiger partial charge in [-0.1, -0.05) is 6.92 Å². The Hall–Kier alpha value is 0.270. The molecule has 3 heteroatoms. The van der Waals surface area contributed by atoms with Crippen molar-refractivity contribution in [3.63, 3.8) is 0 Å². The molecule has 2 unspecified atom stereocenters. The van der Waals surface area contributed by atoms with Crippen molar-refractivity contribution < 1.29 is 0 Å². The molecule has 0 spiro atoms. The Morgan fingerprint density at radius 1 is 1.33 bits per heavy atom. The van der Waals surface area contributed by atoms with Gasteiger partial charge in [0.1, 0.15) is 0 Å². The number of hydrogen-bond acceptors (Lipinski definition) is 3. The normalized spacial score (nSPS) is 17.3. The topological polar surface area (TPSA) is 52.0 Å². The first-order valence-electron chi connectivity index (χ1n) is 3.22. The molecule has 0 heterocycles. The first-order valence-corrected chi connectivity index (χ1v) is 4.61. The number of hydrogen-bond donors (Lipinski definition) is 2. The van der Waals surface area contributed by atoms with Crippen LogP contribution in [0.1, 0.15) is 13.3 Å². The van der Waals surface area contributed by atoms with Crippen LogP contribution < -0.4 is 11.5 Å². The summed E-state index contributed by atoms with van der Waals surface area (Å²) >= 11 is 1.75. The van der Waals surface area contributed by atoms with E-state index in [2.05, 4.69) is 6.92 Å². The van der Waals surface area contributed by atoms with Gasteiger partial charge >= 0.3 is 0 Å². The third-order valence-corrected chi connectivity index (χ3v) is 2.10. The van der Waals surface area contributed by atoms with Crippen molar-refractivity contribution in [1.29, 1.82) is 0 Å². The highest BCUT2D eigenvalue weighted by Gasteiger charge is 2.08. The quantitative estimate of drug-likeness (QED) is 0.607. The summed E-state index contributed by atoms with van der Waals surface area (Å²) in [5.74, 6) is 0.967. The molecule has 2 atom stereocenters. The maximum absolute atomic E-state index is 5.69. The Morgan fingerprint density at radius 3 is 2.22 bits per heavy atom. The summed E-state index contributed by atoms with van der Waals surface area (Å²) in [6.07, 6.45) is 3.02. The van der Waals surface area contributed by atoms with Crippen LogP contribution in [0.3, 0.4) is 0 Å². The first kappa shape index (κ1) is 9.27. The van der Waals surface area contributed by atoms with Crippen LogP contribution in [0.2, 0.25) is 0 Å². The van der Waals surface area contributed by atoms with Crippen LogP contribution in [0.4, 0.5) is 0 Å². The van der Waals surface area contributed by atoms with Crippen LogP contribution in [-0.4, -0.2) is 24.1 Å². The van der Waals surface area contributed by atoms with Crippen molar-refractivity contribution in [3.8, 4) is 0 Å². The van der Waals surface area contributed by atoms with E-state index in [-0.39, 0.29) is 12.1 Å². The molecule has 4 N–H and O–H groups in total. The van der Waals surface area contributed by atoms with E-state index in [9.17, 15) is 0 Å². The first-order chi connectivity index (χ1) is 4.22. The molecule has 0 saturated heterocycles. The van der Waals surface area contributed by atoms with Crippen LogP contribution in [0.15, 0.2) is 0 Å². The summed E-state index contributed by atoms with van der Waals surface area (Å²) in [6, 6.07) is 0.349. The molecular weight excluding hydrogens is 132 g/mol. The summed E-state index contributed by atoms with van der Waals surface area (Å²) in [4.78, 5) is 0. The van der Waals surface area contributed by atoms with Gasteiger partial charge in [-0.05, 0) is 12.7 Å². The Labute approximate surface area is 61.4 Å². The Bertz CT molecular complexity index is 68.1. The van der Waals surface area contributed by atoms with Gasteiger partial charge < -0.3 is 11.5 Å². The lowest BCUT2D eigenvalue weighted by Crippen LogP contribution is -2.42. The van der Waals surface area contributed by atoms with Gasteiger partial charge in [-0.2, -0.15) is 11.8 Å². The monoisotopic (exact) mass is 148 g/mol. The van der Waals surface area contributed by atoms with Crippen molar-refractivity contribution in [3.05, 3.63) is 0 Å². The Balaban J connectivity index is 3.32. The van der Waals surface area contributed by atoms with Crippen LogP contribution in [0.25, 0.3) is 0 Å². The fourth-order valence-electron chi connectivity index (χ4n) is 0.619. The predicted octanol–water partition coefficient (Wildman–Crippen LogP) is 0.414. The minimum absolute atomic E-state index is 0.171. The van der Waals surface area contributed by atoms with Crippen LogP contribution >= 0.6 is 11.8 Å². The molecule has 0 radical (unpaired) electrons. The van der Waals surface area contributed by atoms with Crippen LogP contribution in [0.5, 0.6) is 0 Å². The average molecular weight is 148 g/mol. The van der Waals surface area contributed by atoms with E-state index >= 15 is 0 Å². The van der Waals surface area contributed by atoms with Gasteiger partial charge in [0.15, 0.2) is 0 Å². The summed E-state index contributed by atoms with van der Waals surface area (Å²) in [5.41, 5.74) is 11.4. The second kappa shape index (κ2) is 5.09. The average Bonchev–Trinajstić information content (AvgIpc) is 1.87. The molecule has 56 valence electrons. The minimum Gasteiger partial charge on any atom is -0.326 e. The molecule has 9 heavy (non-hydrogen) atoms. The zero-order valence-corrected chi connectivity index (χ0v) is 6.95. The van der Waals surface area contributed by atoms with Crippen molar-refractivity contribution in [1.82, 2.24) is 0 Å². The molecule has 0 aromatic carbocycles. The van der Waals surface area contributed by atoms with E-state index in [4.69, 9.17) is 11.5 Å². The van der Waals surface area contributed by atoms with Crippen molar-refractivity contribution in [2.75, 3.05) is 12.0 Å². The predicted molar refractivity (Wildman–Crippen MR) is 44.6 cm³/mol. The molecule has 0 amide bonds. The second-order valence-corrected chi connectivity index (χ2v) is 3.10. The van der Waals surface area contributed by atoms with Gasteiger partial charge in [-0.15, -0.1) is 0 Å². The van der Waals surface area contributed by atoms with Crippen molar-refractivity contribution >= 4 is 11.8 Å². The fraction of sp³-hybridized carbons (Fsp3) is 1.00. The van der Waals surface area contributed by atoms with E-state index in [0.29, 0.717) is 0 Å². The van der Waals surface area contributed by atoms with Gasteiger partial charge in [-0.3, -0.25) is 0 Å². The molecule has 0 rings (SSSR count). The van der Waals surface area contributed by atoms with Crippen molar-refractivity contribution in [2.24, 2.45) is 11.5 Å². The van der Waals surface area contributed by atoms with E-state index in [0.717, 1.165) is 12.2 Å². The molecule has 0 bridgehead atoms. The van der Waals surface area contributed by atoms with Crippen LogP contribution in [-0.2, 0) is 0 Å². The standard InChI is InChI=1S/C6H16N2S/c1-3-5(7)6(8)4-9-2/h5-6H,3-4,7-8H2,1-2H3. The lowest BCUT2D eigenvalue weighted by molar-refractivity contribution is 0.552. The summed E-state index contributed by atoms with van der Waals surface area (Å²) in [5, 5.41) is 0. The highest BCUT2D eigenvalue weighted by atomic mass is 32.2. The molecule has 2 nitrogen and oxygen atoms in total. The van der Waals surface area contributed by atoms with Gasteiger partial charge in [0.2, 0.25) is 0 Å². The molecular formula is C6H16N2S. The molecule has 0 fully saturated rings. The molecule has 0 aliphatic heterocycles. The lowest BCUT2D eigenvalue weighted by Gasteiger charge is -2.16. The molecule has 0 aromatic rings. The maximum Gasteiger partial charge on any atom is 0.0284 e. The van der Waals surface area contributed by atoms with Crippen LogP contribution in [0, 0.1) is 0 Å². The highest BCUT2D eigenvalue weighted by molar-refractivity contribution is 7.98. The third kappa shape index (κ3) is 3.78. The number of nitrogens with two attached hydrogens (primary N) is 2. The second-order valence-electron chi connectivity index (χ2n) is 2.19. The van der Waals surface area contributed by atoms with E-state index in [1.165, 1.54) is 0 Å². The van der Waals surface area contributed by atoms with E-state index in [1.807, 2.05) is 6.26 Å². The fourth-order valence-corrected chi connectivity index (χ4v) is 1.25. The minimum atomic E-state index is 0.171. The summed E-state index contributed by atoms with van der Waals surface area (Å²) in [7, 11) is 0. The lowest BCUT2D eigenvalue weighted by atomic mass is 10.1. The SMILES string of the molecule is CCC(N)C(N)CSC. The molecule has 0 aromatic heterocycles. The van der Waals surface area contributed by atoms with Crippen molar-refractivity contribution in [2.45, 2.75) is 25.4 Å². The molecule has 0 aliphatic carbocycles. The molecule has 0 saturated carbocycles. The largest absolute Gasteiger partial charge is 0.326 e. The zero-order chi connectivity index (χ0) is 7.28. The van der Waals surface area contributed by atoms with Gasteiger partial charge in [0, 0.05) is 17.8 Å². The highest BCUT2D eigenvalue weighted by Crippen LogP contribution is 1.99. The smallest absolute Gasteiger partial charge is 0.0284 e. The summed E-state index contributed by atoms with van der Waals surface area (Å²) in [6.45, 7) is 2.06. The number of thioether (sulfide) groups is 1. The van der Waals surface area contributed by atoms with Gasteiger partial charge in [-0.25, -0.2) is 0 Å². The molecule has 0 aliphatic rings. The maximum atomic E-state index is 5.69. The third-order valence-electron chi connectivity index (χ3n) is 1.38.